The van der Waals surface area contributed by atoms with E-state index in [2.05, 4.69) is 4.98 Å². The number of carbonyl (C=O) groups excluding carboxylic acids is 1. The lowest BCUT2D eigenvalue weighted by atomic mass is 9.92. The van der Waals surface area contributed by atoms with Gasteiger partial charge in [-0.3, -0.25) is 4.98 Å². The Morgan fingerprint density at radius 2 is 1.79 bits per heavy atom. The maximum atomic E-state index is 12.5. The molecule has 0 saturated carbocycles. The van der Waals surface area contributed by atoms with Crippen LogP contribution in [-0.2, 0) is 19.4 Å². The normalized spacial score (nSPS) is 16.3. The standard InChI is InChI=1S/C21H22ClNO5S/c1-12(2)18-16(22)10-14(11-23-18)27-19-17(21(3,4)28-20(19)24)13-6-8-15(9-7-13)29(5,25)26/h6-12H,1-5H3. The zero-order chi connectivity index (χ0) is 21.6. The summed E-state index contributed by atoms with van der Waals surface area (Å²) in [7, 11) is -3.33. The Balaban J connectivity index is 2.06. The predicted octanol–water partition coefficient (Wildman–Crippen LogP) is 4.39. The van der Waals surface area contributed by atoms with Crippen molar-refractivity contribution in [1.82, 2.24) is 4.98 Å². The van der Waals surface area contributed by atoms with Crippen LogP contribution in [0.25, 0.3) is 5.57 Å². The second kappa shape index (κ2) is 7.46. The Kier molecular flexibility index (Phi) is 5.49. The van der Waals surface area contributed by atoms with Gasteiger partial charge in [0.25, 0.3) is 0 Å². The van der Waals surface area contributed by atoms with Crippen molar-refractivity contribution in [2.45, 2.75) is 44.1 Å². The van der Waals surface area contributed by atoms with Crippen LogP contribution in [0.5, 0.6) is 5.75 Å². The minimum absolute atomic E-state index is 0.0252. The number of aromatic nitrogens is 1. The van der Waals surface area contributed by atoms with E-state index in [-0.39, 0.29) is 16.6 Å². The van der Waals surface area contributed by atoms with Crippen LogP contribution in [-0.4, -0.2) is 31.2 Å². The minimum Gasteiger partial charge on any atom is -0.449 e. The Morgan fingerprint density at radius 3 is 2.31 bits per heavy atom. The summed E-state index contributed by atoms with van der Waals surface area (Å²) in [4.78, 5) is 17.0. The SMILES string of the molecule is CC(C)c1ncc(OC2=C(c3ccc(S(C)(=O)=O)cc3)C(C)(C)OC2=O)cc1Cl. The lowest BCUT2D eigenvalue weighted by molar-refractivity contribution is -0.145. The van der Waals surface area contributed by atoms with E-state index < -0.39 is 21.4 Å². The van der Waals surface area contributed by atoms with E-state index in [0.717, 1.165) is 11.9 Å². The number of benzene rings is 1. The van der Waals surface area contributed by atoms with Crippen LogP contribution >= 0.6 is 11.6 Å². The molecule has 0 amide bonds. The Hall–Kier alpha value is -2.38. The summed E-state index contributed by atoms with van der Waals surface area (Å²) in [6.45, 7) is 7.45. The third-order valence-corrected chi connectivity index (χ3v) is 5.98. The average Bonchev–Trinajstić information content (AvgIpc) is 2.82. The first-order valence-corrected chi connectivity index (χ1v) is 11.3. The van der Waals surface area contributed by atoms with Gasteiger partial charge in [-0.2, -0.15) is 0 Å². The molecular formula is C21H22ClNO5S. The third kappa shape index (κ3) is 4.31. The van der Waals surface area contributed by atoms with Crippen molar-refractivity contribution >= 4 is 33.0 Å². The van der Waals surface area contributed by atoms with Crippen molar-refractivity contribution in [2.24, 2.45) is 0 Å². The average molecular weight is 436 g/mol. The van der Waals surface area contributed by atoms with Crippen LogP contribution in [0.4, 0.5) is 0 Å². The van der Waals surface area contributed by atoms with E-state index in [9.17, 15) is 13.2 Å². The predicted molar refractivity (Wildman–Crippen MR) is 111 cm³/mol. The van der Waals surface area contributed by atoms with E-state index in [1.165, 1.54) is 18.3 Å². The van der Waals surface area contributed by atoms with Gasteiger partial charge in [-0.1, -0.05) is 37.6 Å². The number of halogens is 1. The molecule has 3 rings (SSSR count). The molecule has 2 heterocycles. The molecule has 2 aromatic rings. The molecule has 29 heavy (non-hydrogen) atoms. The maximum Gasteiger partial charge on any atom is 0.375 e. The molecule has 0 N–H and O–H groups in total. The van der Waals surface area contributed by atoms with E-state index >= 15 is 0 Å². The smallest absolute Gasteiger partial charge is 0.375 e. The largest absolute Gasteiger partial charge is 0.449 e. The Bertz CT molecular complexity index is 1100. The minimum atomic E-state index is -3.33. The quantitative estimate of drug-likeness (QED) is 0.648. The van der Waals surface area contributed by atoms with E-state index in [1.807, 2.05) is 13.8 Å². The number of sulfone groups is 1. The van der Waals surface area contributed by atoms with Gasteiger partial charge >= 0.3 is 5.97 Å². The number of esters is 1. The molecule has 1 aromatic carbocycles. The molecule has 154 valence electrons. The van der Waals surface area contributed by atoms with Crippen molar-refractivity contribution in [3.63, 3.8) is 0 Å². The number of pyridine rings is 1. The lowest BCUT2D eigenvalue weighted by Gasteiger charge is -2.21. The molecule has 0 aliphatic carbocycles. The first-order chi connectivity index (χ1) is 13.4. The molecule has 0 saturated heterocycles. The number of hydrogen-bond donors (Lipinski definition) is 0. The second-order valence-electron chi connectivity index (χ2n) is 7.70. The number of hydrogen-bond acceptors (Lipinski definition) is 6. The van der Waals surface area contributed by atoms with Gasteiger partial charge in [-0.05, 0) is 37.5 Å². The van der Waals surface area contributed by atoms with Crippen LogP contribution in [0.3, 0.4) is 0 Å². The summed E-state index contributed by atoms with van der Waals surface area (Å²) in [5.41, 5.74) is 0.931. The van der Waals surface area contributed by atoms with Crippen LogP contribution < -0.4 is 4.74 Å². The molecule has 0 atom stereocenters. The molecule has 0 radical (unpaired) electrons. The number of ether oxygens (including phenoxy) is 2. The highest BCUT2D eigenvalue weighted by molar-refractivity contribution is 7.90. The highest BCUT2D eigenvalue weighted by Crippen LogP contribution is 2.41. The molecule has 0 fully saturated rings. The van der Waals surface area contributed by atoms with Crippen LogP contribution in [0, 0.1) is 0 Å². The lowest BCUT2D eigenvalue weighted by Crippen LogP contribution is -2.22. The number of cyclic esters (lactones) is 1. The monoisotopic (exact) mass is 435 g/mol. The summed E-state index contributed by atoms with van der Waals surface area (Å²) in [5.74, 6) is -0.122. The van der Waals surface area contributed by atoms with Gasteiger partial charge in [0.15, 0.2) is 9.84 Å². The van der Waals surface area contributed by atoms with Crippen molar-refractivity contribution in [2.75, 3.05) is 6.26 Å². The van der Waals surface area contributed by atoms with Crippen LogP contribution in [0.1, 0.15) is 44.9 Å². The van der Waals surface area contributed by atoms with Gasteiger partial charge in [-0.25, -0.2) is 13.2 Å². The van der Waals surface area contributed by atoms with E-state index in [1.54, 1.807) is 32.0 Å². The van der Waals surface area contributed by atoms with E-state index in [0.29, 0.717) is 21.9 Å². The zero-order valence-corrected chi connectivity index (χ0v) is 18.4. The topological polar surface area (TPSA) is 82.6 Å². The fourth-order valence-corrected chi connectivity index (χ4v) is 4.18. The van der Waals surface area contributed by atoms with Gasteiger partial charge in [0.1, 0.15) is 11.4 Å². The molecule has 6 nitrogen and oxygen atoms in total. The molecule has 8 heteroatoms. The van der Waals surface area contributed by atoms with Crippen LogP contribution in [0.2, 0.25) is 5.02 Å². The van der Waals surface area contributed by atoms with Crippen molar-refractivity contribution < 1.29 is 22.7 Å². The molecular weight excluding hydrogens is 414 g/mol. The molecule has 0 unspecified atom stereocenters. The highest BCUT2D eigenvalue weighted by Gasteiger charge is 2.43. The van der Waals surface area contributed by atoms with Crippen molar-refractivity contribution in [3.05, 3.63) is 58.6 Å². The van der Waals surface area contributed by atoms with Crippen molar-refractivity contribution in [1.29, 1.82) is 0 Å². The van der Waals surface area contributed by atoms with Gasteiger partial charge in [0.2, 0.25) is 5.76 Å². The summed E-state index contributed by atoms with van der Waals surface area (Å²) < 4.78 is 34.8. The number of nitrogens with zero attached hydrogens (tertiary/aromatic N) is 1. The molecule has 0 spiro atoms. The summed E-state index contributed by atoms with van der Waals surface area (Å²) in [5, 5.41) is 0.447. The second-order valence-corrected chi connectivity index (χ2v) is 10.1. The first-order valence-electron chi connectivity index (χ1n) is 9.02. The summed E-state index contributed by atoms with van der Waals surface area (Å²) in [6.07, 6.45) is 2.65. The molecule has 1 aliphatic heterocycles. The third-order valence-electron chi connectivity index (χ3n) is 4.54. The maximum absolute atomic E-state index is 12.5. The molecule has 1 aliphatic rings. The van der Waals surface area contributed by atoms with Gasteiger partial charge in [-0.15, -0.1) is 0 Å². The summed E-state index contributed by atoms with van der Waals surface area (Å²) >= 11 is 6.28. The zero-order valence-electron chi connectivity index (χ0n) is 16.8. The van der Waals surface area contributed by atoms with Crippen LogP contribution in [0.15, 0.2) is 47.2 Å². The Labute approximate surface area is 175 Å². The fraction of sp³-hybridized carbons (Fsp3) is 0.333. The highest BCUT2D eigenvalue weighted by atomic mass is 35.5. The van der Waals surface area contributed by atoms with Gasteiger partial charge in [0, 0.05) is 12.3 Å². The van der Waals surface area contributed by atoms with Gasteiger partial charge < -0.3 is 9.47 Å². The molecule has 0 bridgehead atoms. The number of rotatable bonds is 5. The first kappa shape index (κ1) is 21.3. The Morgan fingerprint density at radius 1 is 1.17 bits per heavy atom. The van der Waals surface area contributed by atoms with Crippen molar-refractivity contribution in [3.8, 4) is 5.75 Å². The summed E-state index contributed by atoms with van der Waals surface area (Å²) in [6, 6.07) is 7.85. The fourth-order valence-electron chi connectivity index (χ4n) is 3.17. The number of carbonyl (C=O) groups is 1. The molecule has 1 aromatic heterocycles. The van der Waals surface area contributed by atoms with Gasteiger partial charge in [0.05, 0.1) is 27.4 Å². The van der Waals surface area contributed by atoms with E-state index in [4.69, 9.17) is 21.1 Å².